The van der Waals surface area contributed by atoms with Gasteiger partial charge in [-0.25, -0.2) is 0 Å². The highest BCUT2D eigenvalue weighted by atomic mass is 16.2. The van der Waals surface area contributed by atoms with Crippen molar-refractivity contribution in [3.63, 3.8) is 0 Å². The minimum Gasteiger partial charge on any atom is -0.341 e. The predicted octanol–water partition coefficient (Wildman–Crippen LogP) is 4.52. The molecular formula is C25H34N2O. The maximum absolute atomic E-state index is 12.9. The van der Waals surface area contributed by atoms with Gasteiger partial charge in [0.05, 0.1) is 6.42 Å². The first-order valence-electron chi connectivity index (χ1n) is 10.8. The lowest BCUT2D eigenvalue weighted by Gasteiger charge is -2.31. The van der Waals surface area contributed by atoms with Gasteiger partial charge in [-0.05, 0) is 50.0 Å². The zero-order valence-corrected chi connectivity index (χ0v) is 17.4. The van der Waals surface area contributed by atoms with Crippen molar-refractivity contribution in [1.29, 1.82) is 0 Å². The van der Waals surface area contributed by atoms with Crippen molar-refractivity contribution in [3.8, 4) is 0 Å². The largest absolute Gasteiger partial charge is 0.341 e. The van der Waals surface area contributed by atoms with E-state index in [1.165, 1.54) is 12.0 Å². The average Bonchev–Trinajstić information content (AvgIpc) is 3.18. The van der Waals surface area contributed by atoms with Crippen molar-refractivity contribution < 1.29 is 4.79 Å². The van der Waals surface area contributed by atoms with Crippen LogP contribution in [0.15, 0.2) is 60.7 Å². The smallest absolute Gasteiger partial charge is 0.227 e. The van der Waals surface area contributed by atoms with Gasteiger partial charge in [-0.1, -0.05) is 74.5 Å². The molecule has 1 aliphatic heterocycles. The second-order valence-electron chi connectivity index (χ2n) is 8.00. The van der Waals surface area contributed by atoms with E-state index in [0.717, 1.165) is 51.1 Å². The molecule has 0 radical (unpaired) electrons. The van der Waals surface area contributed by atoms with E-state index >= 15 is 0 Å². The molecule has 28 heavy (non-hydrogen) atoms. The molecule has 3 nitrogen and oxygen atoms in total. The normalized spacial score (nSPS) is 19.3. The van der Waals surface area contributed by atoms with Crippen LogP contribution in [0, 0.1) is 0 Å². The highest BCUT2D eigenvalue weighted by Crippen LogP contribution is 2.39. The summed E-state index contributed by atoms with van der Waals surface area (Å²) in [7, 11) is 0. The van der Waals surface area contributed by atoms with Crippen LogP contribution < -0.4 is 0 Å². The Morgan fingerprint density at radius 3 is 2.29 bits per heavy atom. The van der Waals surface area contributed by atoms with Crippen molar-refractivity contribution in [2.45, 2.75) is 44.9 Å². The van der Waals surface area contributed by atoms with Crippen molar-refractivity contribution in [2.24, 2.45) is 0 Å². The van der Waals surface area contributed by atoms with E-state index in [1.807, 2.05) is 30.3 Å². The molecular weight excluding hydrogens is 344 g/mol. The molecule has 150 valence electrons. The van der Waals surface area contributed by atoms with Gasteiger partial charge in [0, 0.05) is 18.5 Å². The summed E-state index contributed by atoms with van der Waals surface area (Å²) in [5.41, 5.74) is 2.59. The number of benzene rings is 2. The van der Waals surface area contributed by atoms with Crippen LogP contribution in [0.2, 0.25) is 0 Å². The quantitative estimate of drug-likeness (QED) is 0.640. The number of hydrogen-bond acceptors (Lipinski definition) is 2. The molecule has 0 spiro atoms. The number of rotatable bonds is 9. The minimum atomic E-state index is 0.0980. The number of hydrogen-bond donors (Lipinski definition) is 0. The predicted molar refractivity (Wildman–Crippen MR) is 116 cm³/mol. The summed E-state index contributed by atoms with van der Waals surface area (Å²) in [5, 5.41) is 0. The molecule has 3 heteroatoms. The molecule has 1 atom stereocenters. The van der Waals surface area contributed by atoms with Crippen LogP contribution >= 0.6 is 0 Å². The molecule has 1 fully saturated rings. The molecule has 0 aliphatic carbocycles. The van der Waals surface area contributed by atoms with Gasteiger partial charge >= 0.3 is 0 Å². The number of carbonyl (C=O) groups is 1. The molecule has 0 bridgehead atoms. The van der Waals surface area contributed by atoms with Gasteiger partial charge in [-0.3, -0.25) is 4.79 Å². The highest BCUT2D eigenvalue weighted by Gasteiger charge is 2.40. The average molecular weight is 379 g/mol. The number of likely N-dealkylation sites (tertiary alicyclic amines) is 1. The SMILES string of the molecule is CCN(CC)CCCC1(c2ccccc2)CCN(C(=O)Cc2ccccc2)C1. The molecule has 2 aromatic carbocycles. The lowest BCUT2D eigenvalue weighted by molar-refractivity contribution is -0.129. The molecule has 0 N–H and O–H groups in total. The van der Waals surface area contributed by atoms with Gasteiger partial charge in [-0.15, -0.1) is 0 Å². The van der Waals surface area contributed by atoms with Crippen molar-refractivity contribution in [1.82, 2.24) is 9.80 Å². The summed E-state index contributed by atoms with van der Waals surface area (Å²) in [6.07, 6.45) is 3.89. The molecule has 0 aromatic heterocycles. The van der Waals surface area contributed by atoms with E-state index < -0.39 is 0 Å². The third-order valence-corrected chi connectivity index (χ3v) is 6.31. The standard InChI is InChI=1S/C25H34N2O/c1-3-26(4-2)18-11-16-25(23-14-9-6-10-15-23)17-19-27(21-25)24(28)20-22-12-7-5-8-13-22/h5-10,12-15H,3-4,11,16-21H2,1-2H3. The Kier molecular flexibility index (Phi) is 7.27. The fourth-order valence-corrected chi connectivity index (χ4v) is 4.52. The molecule has 0 saturated carbocycles. The summed E-state index contributed by atoms with van der Waals surface area (Å²) >= 11 is 0. The molecule has 2 aromatic rings. The fraction of sp³-hybridized carbons (Fsp3) is 0.480. The molecule has 1 amide bonds. The Labute approximate surface area is 170 Å². The van der Waals surface area contributed by atoms with Gasteiger partial charge in [0.2, 0.25) is 5.91 Å². The zero-order chi connectivity index (χ0) is 19.8. The van der Waals surface area contributed by atoms with Gasteiger partial charge in [0.25, 0.3) is 0 Å². The van der Waals surface area contributed by atoms with Gasteiger partial charge in [0.15, 0.2) is 0 Å². The third kappa shape index (κ3) is 5.02. The Bertz CT molecular complexity index is 727. The maximum atomic E-state index is 12.9. The van der Waals surface area contributed by atoms with E-state index in [0.29, 0.717) is 6.42 Å². The van der Waals surface area contributed by atoms with E-state index in [4.69, 9.17) is 0 Å². The Morgan fingerprint density at radius 2 is 1.64 bits per heavy atom. The van der Waals surface area contributed by atoms with Crippen LogP contribution in [0.25, 0.3) is 0 Å². The minimum absolute atomic E-state index is 0.0980. The van der Waals surface area contributed by atoms with Gasteiger partial charge < -0.3 is 9.80 Å². The molecule has 1 aliphatic rings. The van der Waals surface area contributed by atoms with Crippen molar-refractivity contribution in [3.05, 3.63) is 71.8 Å². The molecule has 1 saturated heterocycles. The first kappa shape index (κ1) is 20.6. The molecule has 1 heterocycles. The van der Waals surface area contributed by atoms with Crippen LogP contribution in [-0.4, -0.2) is 48.4 Å². The van der Waals surface area contributed by atoms with Crippen LogP contribution in [0.5, 0.6) is 0 Å². The Hall–Kier alpha value is -2.13. The van der Waals surface area contributed by atoms with Crippen LogP contribution in [0.4, 0.5) is 0 Å². The van der Waals surface area contributed by atoms with Gasteiger partial charge in [-0.2, -0.15) is 0 Å². The summed E-state index contributed by atoms with van der Waals surface area (Å²) < 4.78 is 0. The van der Waals surface area contributed by atoms with E-state index in [1.54, 1.807) is 0 Å². The van der Waals surface area contributed by atoms with Gasteiger partial charge in [0.1, 0.15) is 0 Å². The van der Waals surface area contributed by atoms with Crippen molar-refractivity contribution in [2.75, 3.05) is 32.7 Å². The van der Waals surface area contributed by atoms with E-state index in [-0.39, 0.29) is 11.3 Å². The summed E-state index contributed by atoms with van der Waals surface area (Å²) in [4.78, 5) is 17.5. The number of amides is 1. The lowest BCUT2D eigenvalue weighted by Crippen LogP contribution is -2.36. The second kappa shape index (κ2) is 9.88. The Morgan fingerprint density at radius 1 is 1.00 bits per heavy atom. The third-order valence-electron chi connectivity index (χ3n) is 6.31. The molecule has 1 unspecified atom stereocenters. The molecule has 3 rings (SSSR count). The first-order valence-corrected chi connectivity index (χ1v) is 10.8. The first-order chi connectivity index (χ1) is 13.7. The Balaban J connectivity index is 1.69. The van der Waals surface area contributed by atoms with Crippen LogP contribution in [0.3, 0.4) is 0 Å². The summed E-state index contributed by atoms with van der Waals surface area (Å²) in [6, 6.07) is 21.0. The number of nitrogens with zero attached hydrogens (tertiary/aromatic N) is 2. The topological polar surface area (TPSA) is 23.6 Å². The van der Waals surface area contributed by atoms with E-state index in [9.17, 15) is 4.79 Å². The van der Waals surface area contributed by atoms with Crippen LogP contribution in [-0.2, 0) is 16.6 Å². The summed E-state index contributed by atoms with van der Waals surface area (Å²) in [6.45, 7) is 9.53. The van der Waals surface area contributed by atoms with Crippen molar-refractivity contribution >= 4 is 5.91 Å². The zero-order valence-electron chi connectivity index (χ0n) is 17.4. The maximum Gasteiger partial charge on any atom is 0.227 e. The summed E-state index contributed by atoms with van der Waals surface area (Å²) in [5.74, 6) is 0.257. The highest BCUT2D eigenvalue weighted by molar-refractivity contribution is 5.79. The monoisotopic (exact) mass is 378 g/mol. The fourth-order valence-electron chi connectivity index (χ4n) is 4.52. The number of carbonyl (C=O) groups excluding carboxylic acids is 1. The van der Waals surface area contributed by atoms with E-state index in [2.05, 4.69) is 54.0 Å². The lowest BCUT2D eigenvalue weighted by atomic mass is 9.76. The second-order valence-corrected chi connectivity index (χ2v) is 8.00. The van der Waals surface area contributed by atoms with Crippen LogP contribution in [0.1, 0.15) is 44.2 Å².